The van der Waals surface area contributed by atoms with Crippen LogP contribution in [0.3, 0.4) is 0 Å². The molecule has 0 aliphatic heterocycles. The fraction of sp³-hybridized carbons (Fsp3) is 0.364. The quantitative estimate of drug-likeness (QED) is 0.461. The Kier molecular flexibility index (Phi) is 7.29. The highest BCUT2D eigenvalue weighted by Gasteiger charge is 2.22. The molecule has 2 aromatic carbocycles. The highest BCUT2D eigenvalue weighted by Crippen LogP contribution is 2.30. The van der Waals surface area contributed by atoms with E-state index in [1.807, 2.05) is 54.6 Å². The Morgan fingerprint density at radius 2 is 1.75 bits per heavy atom. The molecule has 3 N–H and O–H groups in total. The van der Waals surface area contributed by atoms with Crippen molar-refractivity contribution >= 4 is 11.9 Å². The molecule has 1 saturated carbocycles. The number of rotatable bonds is 9. The van der Waals surface area contributed by atoms with Crippen LogP contribution >= 0.6 is 0 Å². The van der Waals surface area contributed by atoms with E-state index in [4.69, 9.17) is 4.74 Å². The number of para-hydroxylation sites is 1. The first-order valence-electron chi connectivity index (χ1n) is 9.70. The van der Waals surface area contributed by atoms with E-state index in [1.54, 1.807) is 7.05 Å². The first kappa shape index (κ1) is 19.7. The molecule has 6 heteroatoms. The van der Waals surface area contributed by atoms with Crippen molar-refractivity contribution in [3.63, 3.8) is 0 Å². The van der Waals surface area contributed by atoms with Crippen molar-refractivity contribution in [3.8, 4) is 5.75 Å². The van der Waals surface area contributed by atoms with Gasteiger partial charge in [0.1, 0.15) is 5.75 Å². The van der Waals surface area contributed by atoms with Gasteiger partial charge in [0, 0.05) is 25.7 Å². The predicted octanol–water partition coefficient (Wildman–Crippen LogP) is 2.46. The molecule has 0 radical (unpaired) electrons. The third-order valence-corrected chi connectivity index (χ3v) is 4.56. The third-order valence-electron chi connectivity index (χ3n) is 4.56. The van der Waals surface area contributed by atoms with Crippen LogP contribution in [0.15, 0.2) is 59.6 Å². The molecule has 0 bridgehead atoms. The number of aliphatic imine (C=N–C) groups is 1. The van der Waals surface area contributed by atoms with Crippen LogP contribution in [0, 0.1) is 5.92 Å². The van der Waals surface area contributed by atoms with Gasteiger partial charge in [-0.05, 0) is 30.4 Å². The van der Waals surface area contributed by atoms with Crippen LogP contribution in [-0.4, -0.2) is 32.1 Å². The van der Waals surface area contributed by atoms with Crippen LogP contribution in [0.1, 0.15) is 24.0 Å². The molecule has 1 fully saturated rings. The zero-order valence-electron chi connectivity index (χ0n) is 16.3. The maximum absolute atomic E-state index is 12.0. The van der Waals surface area contributed by atoms with Crippen molar-refractivity contribution < 1.29 is 9.53 Å². The number of hydrogen-bond acceptors (Lipinski definition) is 3. The minimum atomic E-state index is -0.0834. The van der Waals surface area contributed by atoms with Gasteiger partial charge >= 0.3 is 0 Å². The van der Waals surface area contributed by atoms with Crippen molar-refractivity contribution in [2.45, 2.75) is 25.9 Å². The number of nitrogens with zero attached hydrogens (tertiary/aromatic N) is 1. The van der Waals surface area contributed by atoms with E-state index in [2.05, 4.69) is 20.9 Å². The van der Waals surface area contributed by atoms with Crippen molar-refractivity contribution in [3.05, 3.63) is 65.7 Å². The molecule has 3 rings (SSSR count). The van der Waals surface area contributed by atoms with Gasteiger partial charge in [0.05, 0.1) is 13.2 Å². The zero-order valence-corrected chi connectivity index (χ0v) is 16.3. The summed E-state index contributed by atoms with van der Waals surface area (Å²) >= 11 is 0. The van der Waals surface area contributed by atoms with Gasteiger partial charge in [0.15, 0.2) is 5.96 Å². The minimum absolute atomic E-state index is 0.0834. The number of ether oxygens (including phenoxy) is 1. The molecular weight excluding hydrogens is 352 g/mol. The molecule has 0 saturated heterocycles. The number of amides is 1. The second-order valence-corrected chi connectivity index (χ2v) is 6.90. The largest absolute Gasteiger partial charge is 0.493 e. The molecule has 0 aromatic heterocycles. The van der Waals surface area contributed by atoms with Gasteiger partial charge in [-0.2, -0.15) is 0 Å². The topological polar surface area (TPSA) is 74.8 Å². The van der Waals surface area contributed by atoms with Crippen LogP contribution in [0.2, 0.25) is 0 Å². The van der Waals surface area contributed by atoms with Gasteiger partial charge in [-0.25, -0.2) is 0 Å². The summed E-state index contributed by atoms with van der Waals surface area (Å²) in [4.78, 5) is 16.2. The van der Waals surface area contributed by atoms with Crippen LogP contribution in [0.25, 0.3) is 0 Å². The number of benzene rings is 2. The lowest BCUT2D eigenvalue weighted by atomic mass is 10.2. The summed E-state index contributed by atoms with van der Waals surface area (Å²) in [6, 6.07) is 17.8. The van der Waals surface area contributed by atoms with Gasteiger partial charge in [-0.1, -0.05) is 48.5 Å². The van der Waals surface area contributed by atoms with E-state index in [9.17, 15) is 4.79 Å². The summed E-state index contributed by atoms with van der Waals surface area (Å²) in [5.41, 5.74) is 2.14. The molecule has 0 heterocycles. The molecule has 148 valence electrons. The van der Waals surface area contributed by atoms with Crippen LogP contribution in [0.5, 0.6) is 5.75 Å². The standard InChI is InChI=1S/C22H28N4O2/c1-23-22(26-15-21(27)24-13-17-7-3-2-4-8-17)25-14-19-9-5-6-10-20(19)28-16-18-11-12-18/h2-10,18H,11-16H2,1H3,(H,24,27)(H2,23,25,26). The maximum atomic E-state index is 12.0. The molecule has 0 unspecified atom stereocenters. The van der Waals surface area contributed by atoms with Gasteiger partial charge in [-0.3, -0.25) is 9.79 Å². The molecule has 28 heavy (non-hydrogen) atoms. The highest BCUT2D eigenvalue weighted by molar-refractivity contribution is 5.86. The Hall–Kier alpha value is -3.02. The van der Waals surface area contributed by atoms with E-state index in [1.165, 1.54) is 12.8 Å². The summed E-state index contributed by atoms with van der Waals surface area (Å²) in [6.45, 7) is 2.03. The first-order valence-corrected chi connectivity index (χ1v) is 9.70. The van der Waals surface area contributed by atoms with Crippen LogP contribution in [-0.2, 0) is 17.9 Å². The second kappa shape index (κ2) is 10.3. The number of guanidine groups is 1. The van der Waals surface area contributed by atoms with Crippen molar-refractivity contribution in [2.24, 2.45) is 10.9 Å². The van der Waals surface area contributed by atoms with E-state index in [0.29, 0.717) is 25.0 Å². The second-order valence-electron chi connectivity index (χ2n) is 6.90. The van der Waals surface area contributed by atoms with Gasteiger partial charge < -0.3 is 20.7 Å². The molecule has 6 nitrogen and oxygen atoms in total. The summed E-state index contributed by atoms with van der Waals surface area (Å²) in [7, 11) is 1.69. The maximum Gasteiger partial charge on any atom is 0.239 e. The van der Waals surface area contributed by atoms with Gasteiger partial charge in [-0.15, -0.1) is 0 Å². The van der Waals surface area contributed by atoms with Crippen molar-refractivity contribution in [2.75, 3.05) is 20.2 Å². The lowest BCUT2D eigenvalue weighted by Gasteiger charge is -2.15. The van der Waals surface area contributed by atoms with E-state index < -0.39 is 0 Å². The lowest BCUT2D eigenvalue weighted by Crippen LogP contribution is -2.42. The fourth-order valence-corrected chi connectivity index (χ4v) is 2.71. The summed E-state index contributed by atoms with van der Waals surface area (Å²) in [5.74, 6) is 2.11. The average molecular weight is 380 g/mol. The van der Waals surface area contributed by atoms with Crippen LogP contribution in [0.4, 0.5) is 0 Å². The van der Waals surface area contributed by atoms with Crippen molar-refractivity contribution in [1.82, 2.24) is 16.0 Å². The Morgan fingerprint density at radius 1 is 1.00 bits per heavy atom. The molecular formula is C22H28N4O2. The van der Waals surface area contributed by atoms with E-state index in [0.717, 1.165) is 23.5 Å². The zero-order chi connectivity index (χ0) is 19.6. The van der Waals surface area contributed by atoms with Crippen molar-refractivity contribution in [1.29, 1.82) is 0 Å². The molecule has 0 spiro atoms. The lowest BCUT2D eigenvalue weighted by molar-refractivity contribution is -0.120. The Labute approximate surface area is 166 Å². The molecule has 0 atom stereocenters. The summed E-state index contributed by atoms with van der Waals surface area (Å²) < 4.78 is 5.93. The monoisotopic (exact) mass is 380 g/mol. The van der Waals surface area contributed by atoms with Crippen LogP contribution < -0.4 is 20.7 Å². The number of hydrogen-bond donors (Lipinski definition) is 3. The highest BCUT2D eigenvalue weighted by atomic mass is 16.5. The van der Waals surface area contributed by atoms with Gasteiger partial charge in [0.2, 0.25) is 5.91 Å². The minimum Gasteiger partial charge on any atom is -0.493 e. The Morgan fingerprint density at radius 3 is 2.50 bits per heavy atom. The number of nitrogens with one attached hydrogen (secondary N) is 3. The Bertz CT molecular complexity index is 788. The fourth-order valence-electron chi connectivity index (χ4n) is 2.71. The van der Waals surface area contributed by atoms with Gasteiger partial charge in [0.25, 0.3) is 0 Å². The predicted molar refractivity (Wildman–Crippen MR) is 111 cm³/mol. The summed E-state index contributed by atoms with van der Waals surface area (Å²) in [5, 5.41) is 9.17. The molecule has 1 amide bonds. The smallest absolute Gasteiger partial charge is 0.239 e. The first-order chi connectivity index (χ1) is 13.7. The number of carbonyl (C=O) groups excluding carboxylic acids is 1. The normalized spacial score (nSPS) is 13.7. The summed E-state index contributed by atoms with van der Waals surface area (Å²) in [6.07, 6.45) is 2.53. The SMILES string of the molecule is CN=C(NCC(=O)NCc1ccccc1)NCc1ccccc1OCC1CC1. The molecule has 2 aromatic rings. The molecule has 1 aliphatic carbocycles. The van der Waals surface area contributed by atoms with E-state index in [-0.39, 0.29) is 12.5 Å². The van der Waals surface area contributed by atoms with E-state index >= 15 is 0 Å². The molecule has 1 aliphatic rings. The third kappa shape index (κ3) is 6.61. The number of carbonyl (C=O) groups is 1. The Balaban J connectivity index is 1.41. The average Bonchev–Trinajstić information content (AvgIpc) is 3.57.